The Morgan fingerprint density at radius 3 is 2.44 bits per heavy atom. The van der Waals surface area contributed by atoms with Gasteiger partial charge < -0.3 is 15.0 Å². The highest BCUT2D eigenvalue weighted by atomic mass is 19.2. The molecular formula is C17H22F2N4O4. The predicted octanol–water partition coefficient (Wildman–Crippen LogP) is 0.195. The molecule has 0 saturated carbocycles. The quantitative estimate of drug-likeness (QED) is 0.684. The van der Waals surface area contributed by atoms with E-state index in [9.17, 15) is 23.2 Å². The normalized spacial score (nSPS) is 14.7. The molecule has 1 fully saturated rings. The number of halogens is 2. The second-order valence-corrected chi connectivity index (χ2v) is 5.99. The first-order chi connectivity index (χ1) is 12.9. The van der Waals surface area contributed by atoms with Crippen molar-refractivity contribution in [3.8, 4) is 0 Å². The number of amides is 4. The van der Waals surface area contributed by atoms with E-state index in [1.807, 2.05) is 0 Å². The zero-order chi connectivity index (χ0) is 19.8. The maximum absolute atomic E-state index is 13.3. The van der Waals surface area contributed by atoms with E-state index in [-0.39, 0.29) is 12.1 Å². The molecule has 0 bridgehead atoms. The molecule has 1 aromatic carbocycles. The molecule has 0 spiro atoms. The topological polar surface area (TPSA) is 91.0 Å². The van der Waals surface area contributed by atoms with E-state index in [1.54, 1.807) is 4.90 Å². The van der Waals surface area contributed by atoms with Gasteiger partial charge in [0.05, 0.1) is 13.2 Å². The van der Waals surface area contributed by atoms with Gasteiger partial charge in [-0.05, 0) is 18.2 Å². The predicted molar refractivity (Wildman–Crippen MR) is 92.1 cm³/mol. The molecule has 10 heteroatoms. The molecule has 1 saturated heterocycles. The van der Waals surface area contributed by atoms with Crippen LogP contribution in [0.5, 0.6) is 0 Å². The summed E-state index contributed by atoms with van der Waals surface area (Å²) in [6.45, 7) is 2.18. The lowest BCUT2D eigenvalue weighted by Crippen LogP contribution is -2.52. The van der Waals surface area contributed by atoms with Crippen LogP contribution in [0.15, 0.2) is 18.2 Å². The smallest absolute Gasteiger partial charge is 0.321 e. The number of methoxy groups -OCH3 is 1. The molecule has 0 radical (unpaired) electrons. The molecule has 2 rings (SSSR count). The summed E-state index contributed by atoms with van der Waals surface area (Å²) in [4.78, 5) is 39.0. The highest BCUT2D eigenvalue weighted by Gasteiger charge is 2.24. The standard InChI is InChI=1S/C17H22F2N4O4/c1-27-9-4-20-17(26)21-15(24)11-22-5-7-23(8-6-22)16(25)12-2-3-13(18)14(19)10-12/h2-3,10H,4-9,11H2,1H3,(H2,20,21,24,26). The van der Waals surface area contributed by atoms with E-state index in [0.717, 1.165) is 12.1 Å². The number of nitrogens with one attached hydrogen (secondary N) is 2. The maximum atomic E-state index is 13.3. The van der Waals surface area contributed by atoms with Crippen molar-refractivity contribution in [2.45, 2.75) is 0 Å². The summed E-state index contributed by atoms with van der Waals surface area (Å²) in [5.41, 5.74) is 0.0767. The zero-order valence-electron chi connectivity index (χ0n) is 15.0. The maximum Gasteiger partial charge on any atom is 0.321 e. The number of hydrogen-bond acceptors (Lipinski definition) is 5. The highest BCUT2D eigenvalue weighted by Crippen LogP contribution is 2.12. The molecule has 0 atom stereocenters. The molecule has 0 aromatic heterocycles. The number of benzene rings is 1. The Labute approximate surface area is 155 Å². The lowest BCUT2D eigenvalue weighted by molar-refractivity contribution is -0.121. The summed E-state index contributed by atoms with van der Waals surface area (Å²) in [5.74, 6) is -2.92. The number of hydrogen-bond donors (Lipinski definition) is 2. The molecule has 0 aliphatic carbocycles. The summed E-state index contributed by atoms with van der Waals surface area (Å²) >= 11 is 0. The van der Waals surface area contributed by atoms with E-state index in [1.165, 1.54) is 18.1 Å². The van der Waals surface area contributed by atoms with Crippen LogP contribution in [0.25, 0.3) is 0 Å². The molecule has 1 aliphatic heterocycles. The van der Waals surface area contributed by atoms with E-state index in [0.29, 0.717) is 39.3 Å². The van der Waals surface area contributed by atoms with Gasteiger partial charge in [-0.2, -0.15) is 0 Å². The number of piperazine rings is 1. The van der Waals surface area contributed by atoms with Gasteiger partial charge in [0.2, 0.25) is 5.91 Å². The molecule has 148 valence electrons. The SMILES string of the molecule is COCCNC(=O)NC(=O)CN1CCN(C(=O)c2ccc(F)c(F)c2)CC1. The summed E-state index contributed by atoms with van der Waals surface area (Å²) in [6, 6.07) is 2.44. The van der Waals surface area contributed by atoms with Crippen molar-refractivity contribution in [1.82, 2.24) is 20.4 Å². The van der Waals surface area contributed by atoms with Gasteiger partial charge in [0.1, 0.15) is 0 Å². The Morgan fingerprint density at radius 2 is 1.81 bits per heavy atom. The molecule has 1 aliphatic rings. The number of ether oxygens (including phenoxy) is 1. The minimum Gasteiger partial charge on any atom is -0.383 e. The lowest BCUT2D eigenvalue weighted by atomic mass is 10.1. The van der Waals surface area contributed by atoms with Crippen LogP contribution in [-0.2, 0) is 9.53 Å². The first-order valence-corrected chi connectivity index (χ1v) is 8.44. The third kappa shape index (κ3) is 6.26. The Balaban J connectivity index is 1.76. The summed E-state index contributed by atoms with van der Waals surface area (Å²) in [6.07, 6.45) is 0. The minimum atomic E-state index is -1.07. The van der Waals surface area contributed by atoms with Crippen LogP contribution in [0.4, 0.5) is 13.6 Å². The van der Waals surface area contributed by atoms with Crippen molar-refractivity contribution in [1.29, 1.82) is 0 Å². The Kier molecular flexibility index (Phi) is 7.62. The van der Waals surface area contributed by atoms with Gasteiger partial charge in [0, 0.05) is 45.4 Å². The van der Waals surface area contributed by atoms with E-state index < -0.39 is 29.5 Å². The van der Waals surface area contributed by atoms with Crippen molar-refractivity contribution >= 4 is 17.8 Å². The Bertz CT molecular complexity index is 694. The third-order valence-corrected chi connectivity index (χ3v) is 4.04. The summed E-state index contributed by atoms with van der Waals surface area (Å²) in [7, 11) is 1.50. The second kappa shape index (κ2) is 9.93. The van der Waals surface area contributed by atoms with E-state index >= 15 is 0 Å². The van der Waals surface area contributed by atoms with Crippen LogP contribution >= 0.6 is 0 Å². The molecule has 1 aromatic rings. The van der Waals surface area contributed by atoms with Crippen molar-refractivity contribution in [2.24, 2.45) is 0 Å². The molecular weight excluding hydrogens is 362 g/mol. The Hall–Kier alpha value is -2.59. The average Bonchev–Trinajstić information content (AvgIpc) is 2.64. The molecule has 8 nitrogen and oxygen atoms in total. The van der Waals surface area contributed by atoms with Gasteiger partial charge in [-0.1, -0.05) is 0 Å². The fourth-order valence-corrected chi connectivity index (χ4v) is 2.60. The van der Waals surface area contributed by atoms with Crippen molar-refractivity contribution < 1.29 is 27.9 Å². The van der Waals surface area contributed by atoms with Crippen molar-refractivity contribution in [2.75, 3.05) is 53.0 Å². The van der Waals surface area contributed by atoms with Gasteiger partial charge in [-0.3, -0.25) is 19.8 Å². The summed E-state index contributed by atoms with van der Waals surface area (Å²) in [5, 5.41) is 4.69. The average molecular weight is 384 g/mol. The number of carbonyl (C=O) groups is 3. The van der Waals surface area contributed by atoms with Crippen LogP contribution in [0.1, 0.15) is 10.4 Å². The Morgan fingerprint density at radius 1 is 1.11 bits per heavy atom. The molecule has 0 unspecified atom stereocenters. The molecule has 2 N–H and O–H groups in total. The lowest BCUT2D eigenvalue weighted by Gasteiger charge is -2.34. The number of carbonyl (C=O) groups excluding carboxylic acids is 3. The van der Waals surface area contributed by atoms with Crippen LogP contribution in [0, 0.1) is 11.6 Å². The summed E-state index contributed by atoms with van der Waals surface area (Å²) < 4.78 is 31.0. The van der Waals surface area contributed by atoms with Crippen LogP contribution in [0.2, 0.25) is 0 Å². The third-order valence-electron chi connectivity index (χ3n) is 4.04. The second-order valence-electron chi connectivity index (χ2n) is 5.99. The van der Waals surface area contributed by atoms with Crippen LogP contribution < -0.4 is 10.6 Å². The van der Waals surface area contributed by atoms with Crippen molar-refractivity contribution in [3.05, 3.63) is 35.4 Å². The number of nitrogens with zero attached hydrogens (tertiary/aromatic N) is 2. The first-order valence-electron chi connectivity index (χ1n) is 8.44. The highest BCUT2D eigenvalue weighted by molar-refractivity contribution is 5.95. The van der Waals surface area contributed by atoms with Crippen molar-refractivity contribution in [3.63, 3.8) is 0 Å². The van der Waals surface area contributed by atoms with E-state index in [4.69, 9.17) is 4.74 Å². The molecule has 4 amide bonds. The zero-order valence-corrected chi connectivity index (χ0v) is 15.0. The fraction of sp³-hybridized carbons (Fsp3) is 0.471. The van der Waals surface area contributed by atoms with Crippen LogP contribution in [0.3, 0.4) is 0 Å². The van der Waals surface area contributed by atoms with Gasteiger partial charge in [0.25, 0.3) is 5.91 Å². The van der Waals surface area contributed by atoms with Gasteiger partial charge >= 0.3 is 6.03 Å². The van der Waals surface area contributed by atoms with E-state index in [2.05, 4.69) is 10.6 Å². The fourth-order valence-electron chi connectivity index (χ4n) is 2.60. The number of rotatable bonds is 6. The van der Waals surface area contributed by atoms with Gasteiger partial charge in [0.15, 0.2) is 11.6 Å². The molecule has 1 heterocycles. The largest absolute Gasteiger partial charge is 0.383 e. The monoisotopic (exact) mass is 384 g/mol. The number of urea groups is 1. The van der Waals surface area contributed by atoms with Crippen LogP contribution in [-0.4, -0.2) is 80.6 Å². The first kappa shape index (κ1) is 20.7. The molecule has 27 heavy (non-hydrogen) atoms. The van der Waals surface area contributed by atoms with Gasteiger partial charge in [-0.15, -0.1) is 0 Å². The van der Waals surface area contributed by atoms with Gasteiger partial charge in [-0.25, -0.2) is 13.6 Å². The number of imide groups is 1. The minimum absolute atomic E-state index is 0.0188.